The Morgan fingerprint density at radius 3 is 2.62 bits per heavy atom. The summed E-state index contributed by atoms with van der Waals surface area (Å²) >= 11 is 0. The average molecular weight is 522 g/mol. The Labute approximate surface area is 226 Å². The van der Waals surface area contributed by atoms with Crippen molar-refractivity contribution < 1.29 is 9.53 Å². The lowest BCUT2D eigenvalue weighted by atomic mass is 9.82. The number of H-pyrrole nitrogens is 1. The number of nitrogens with zero attached hydrogens (tertiary/aromatic N) is 3. The molecule has 1 aliphatic heterocycles. The van der Waals surface area contributed by atoms with Crippen LogP contribution in [0.1, 0.15) is 59.8 Å². The van der Waals surface area contributed by atoms with Crippen LogP contribution in [-0.4, -0.2) is 38.7 Å². The van der Waals surface area contributed by atoms with Gasteiger partial charge in [-0.1, -0.05) is 56.3 Å². The first-order valence-electron chi connectivity index (χ1n) is 13.3. The molecule has 8 nitrogen and oxygen atoms in total. The Balaban J connectivity index is 1.44. The van der Waals surface area contributed by atoms with Crippen LogP contribution in [0.4, 0.5) is 0 Å². The number of pyridine rings is 1. The van der Waals surface area contributed by atoms with Crippen molar-refractivity contribution in [1.82, 2.24) is 24.9 Å². The van der Waals surface area contributed by atoms with Crippen molar-refractivity contribution in [2.24, 2.45) is 0 Å². The van der Waals surface area contributed by atoms with Gasteiger partial charge < -0.3 is 15.0 Å². The van der Waals surface area contributed by atoms with Crippen molar-refractivity contribution in [2.45, 2.75) is 45.1 Å². The van der Waals surface area contributed by atoms with Crippen molar-refractivity contribution in [3.63, 3.8) is 0 Å². The topological polar surface area (TPSA) is 101 Å². The monoisotopic (exact) mass is 521 g/mol. The van der Waals surface area contributed by atoms with Crippen LogP contribution in [-0.2, 0) is 10.3 Å². The largest absolute Gasteiger partial charge is 0.381 e. The van der Waals surface area contributed by atoms with Crippen LogP contribution >= 0.6 is 0 Å². The summed E-state index contributed by atoms with van der Waals surface area (Å²) in [6.07, 6.45) is 4.83. The van der Waals surface area contributed by atoms with E-state index in [2.05, 4.69) is 20.4 Å². The summed E-state index contributed by atoms with van der Waals surface area (Å²) in [4.78, 5) is 34.9. The van der Waals surface area contributed by atoms with Crippen LogP contribution in [0.25, 0.3) is 27.7 Å². The third-order valence-corrected chi connectivity index (χ3v) is 7.73. The van der Waals surface area contributed by atoms with E-state index in [1.54, 1.807) is 16.9 Å². The van der Waals surface area contributed by atoms with Gasteiger partial charge in [0.15, 0.2) is 5.69 Å². The zero-order chi connectivity index (χ0) is 27.1. The Hall–Kier alpha value is -4.30. The maximum atomic E-state index is 13.9. The van der Waals surface area contributed by atoms with E-state index in [0.29, 0.717) is 42.8 Å². The van der Waals surface area contributed by atoms with Gasteiger partial charge in [-0.3, -0.25) is 14.6 Å². The number of aromatic amines is 1. The van der Waals surface area contributed by atoms with Gasteiger partial charge in [-0.05, 0) is 48.9 Å². The highest BCUT2D eigenvalue weighted by molar-refractivity contribution is 5.96. The number of carbonyl (C=O) groups is 1. The standard InChI is InChI=1S/C31H31N5O3/c1-19(2)26-27(29(37)34-31(12-14-39-15-13-31)22-9-5-4-6-10-22)35-36-18-25(33-30(38)28(26)36)21-16-23-20(3)8-7-11-24(23)32-17-21/h4-11,16-19H,12-15H2,1-3H3,(H,33,38)(H,34,37). The first-order chi connectivity index (χ1) is 18.9. The maximum Gasteiger partial charge on any atom is 0.274 e. The molecule has 0 bridgehead atoms. The van der Waals surface area contributed by atoms with Gasteiger partial charge >= 0.3 is 0 Å². The number of rotatable bonds is 5. The molecule has 4 heterocycles. The number of hydrogen-bond donors (Lipinski definition) is 2. The smallest absolute Gasteiger partial charge is 0.274 e. The van der Waals surface area contributed by atoms with E-state index < -0.39 is 5.54 Å². The van der Waals surface area contributed by atoms with E-state index >= 15 is 0 Å². The lowest BCUT2D eigenvalue weighted by molar-refractivity contribution is 0.0343. The molecule has 5 aromatic rings. The molecule has 0 spiro atoms. The van der Waals surface area contributed by atoms with E-state index in [1.165, 1.54) is 0 Å². The van der Waals surface area contributed by atoms with Gasteiger partial charge in [0.2, 0.25) is 0 Å². The van der Waals surface area contributed by atoms with E-state index in [-0.39, 0.29) is 23.1 Å². The SMILES string of the molecule is Cc1cccc2ncc(-c3cn4nc(C(=O)NC5(c6ccccc6)CCOCC5)c(C(C)C)c4c(=O)[nH]3)cc12. The Morgan fingerprint density at radius 1 is 1.10 bits per heavy atom. The van der Waals surface area contributed by atoms with Gasteiger partial charge in [0.1, 0.15) is 5.52 Å². The molecule has 3 aromatic heterocycles. The quantitative estimate of drug-likeness (QED) is 0.335. The molecule has 6 rings (SSSR count). The third-order valence-electron chi connectivity index (χ3n) is 7.73. The van der Waals surface area contributed by atoms with Gasteiger partial charge in [-0.15, -0.1) is 0 Å². The predicted molar refractivity (Wildman–Crippen MR) is 151 cm³/mol. The number of fused-ring (bicyclic) bond motifs is 2. The van der Waals surface area contributed by atoms with Crippen LogP contribution in [0.15, 0.2) is 71.8 Å². The van der Waals surface area contributed by atoms with E-state index in [0.717, 1.165) is 27.6 Å². The summed E-state index contributed by atoms with van der Waals surface area (Å²) in [5.41, 5.74) is 4.80. The van der Waals surface area contributed by atoms with Crippen molar-refractivity contribution in [3.8, 4) is 11.3 Å². The minimum Gasteiger partial charge on any atom is -0.381 e. The summed E-state index contributed by atoms with van der Waals surface area (Å²) in [5, 5.41) is 9.00. The lowest BCUT2D eigenvalue weighted by Gasteiger charge is -2.38. The molecular weight excluding hydrogens is 490 g/mol. The zero-order valence-electron chi connectivity index (χ0n) is 22.3. The van der Waals surface area contributed by atoms with E-state index in [9.17, 15) is 9.59 Å². The second-order valence-corrected chi connectivity index (χ2v) is 10.6. The molecule has 1 saturated heterocycles. The normalized spacial score (nSPS) is 15.2. The van der Waals surface area contributed by atoms with Gasteiger partial charge in [0, 0.05) is 35.9 Å². The first-order valence-corrected chi connectivity index (χ1v) is 13.3. The van der Waals surface area contributed by atoms with Crippen LogP contribution in [0, 0.1) is 6.92 Å². The van der Waals surface area contributed by atoms with Crippen LogP contribution in [0.3, 0.4) is 0 Å². The molecule has 198 valence electrons. The van der Waals surface area contributed by atoms with Crippen LogP contribution in [0.2, 0.25) is 0 Å². The summed E-state index contributed by atoms with van der Waals surface area (Å²) in [7, 11) is 0. The second-order valence-electron chi connectivity index (χ2n) is 10.6. The Morgan fingerprint density at radius 2 is 1.87 bits per heavy atom. The third kappa shape index (κ3) is 4.40. The van der Waals surface area contributed by atoms with Gasteiger partial charge in [0.25, 0.3) is 11.5 Å². The van der Waals surface area contributed by atoms with Gasteiger partial charge in [-0.2, -0.15) is 5.10 Å². The minimum atomic E-state index is -0.563. The fraction of sp³-hybridized carbons (Fsp3) is 0.290. The molecule has 0 atom stereocenters. The summed E-state index contributed by atoms with van der Waals surface area (Å²) in [6, 6.07) is 18.0. The molecule has 2 aromatic carbocycles. The molecular formula is C31H31N5O3. The number of ether oxygens (including phenoxy) is 1. The van der Waals surface area contributed by atoms with Crippen LogP contribution < -0.4 is 10.9 Å². The highest BCUT2D eigenvalue weighted by Gasteiger charge is 2.37. The Kier molecular flexibility index (Phi) is 6.27. The lowest BCUT2D eigenvalue weighted by Crippen LogP contribution is -2.49. The number of benzene rings is 2. The average Bonchev–Trinajstić information content (AvgIpc) is 3.35. The zero-order valence-corrected chi connectivity index (χ0v) is 22.3. The number of aromatic nitrogens is 4. The molecule has 1 amide bonds. The van der Waals surface area contributed by atoms with E-state index in [4.69, 9.17) is 4.74 Å². The molecule has 2 N–H and O–H groups in total. The molecule has 0 unspecified atom stereocenters. The van der Waals surface area contributed by atoms with Crippen LogP contribution in [0.5, 0.6) is 0 Å². The first kappa shape index (κ1) is 25.0. The molecule has 0 aliphatic carbocycles. The molecule has 39 heavy (non-hydrogen) atoms. The molecule has 8 heteroatoms. The summed E-state index contributed by atoms with van der Waals surface area (Å²) in [5.74, 6) is -0.389. The fourth-order valence-electron chi connectivity index (χ4n) is 5.65. The highest BCUT2D eigenvalue weighted by atomic mass is 16.5. The highest BCUT2D eigenvalue weighted by Crippen LogP contribution is 2.33. The predicted octanol–water partition coefficient (Wildman–Crippen LogP) is 5.11. The summed E-state index contributed by atoms with van der Waals surface area (Å²) < 4.78 is 7.17. The number of hydrogen-bond acceptors (Lipinski definition) is 5. The van der Waals surface area contributed by atoms with Gasteiger partial charge in [-0.25, -0.2) is 4.52 Å². The van der Waals surface area contributed by atoms with Crippen molar-refractivity contribution in [2.75, 3.05) is 13.2 Å². The number of nitrogens with one attached hydrogen (secondary N) is 2. The van der Waals surface area contributed by atoms with E-state index in [1.807, 2.05) is 75.4 Å². The Bertz CT molecular complexity index is 1750. The minimum absolute atomic E-state index is 0.0949. The van der Waals surface area contributed by atoms with Crippen molar-refractivity contribution in [1.29, 1.82) is 0 Å². The van der Waals surface area contributed by atoms with Crippen molar-refractivity contribution >= 4 is 22.3 Å². The number of amides is 1. The molecule has 1 aliphatic rings. The number of aryl methyl sites for hydroxylation is 1. The second kappa shape index (κ2) is 9.78. The maximum absolute atomic E-state index is 13.9. The molecule has 0 saturated carbocycles. The number of carbonyl (C=O) groups excluding carboxylic acids is 1. The fourth-order valence-corrected chi connectivity index (χ4v) is 5.65. The molecule has 0 radical (unpaired) electrons. The molecule has 1 fully saturated rings. The van der Waals surface area contributed by atoms with Crippen molar-refractivity contribution in [3.05, 3.63) is 99.7 Å². The van der Waals surface area contributed by atoms with Gasteiger partial charge in [0.05, 0.1) is 22.9 Å². The summed E-state index contributed by atoms with van der Waals surface area (Å²) in [6.45, 7) is 7.09.